The topological polar surface area (TPSA) is 29.9 Å². The van der Waals surface area contributed by atoms with Crippen molar-refractivity contribution in [3.05, 3.63) is 41.3 Å². The second kappa shape index (κ2) is 5.53. The van der Waals surface area contributed by atoms with Crippen molar-refractivity contribution < 1.29 is 4.39 Å². The van der Waals surface area contributed by atoms with Gasteiger partial charge in [-0.3, -0.25) is 4.68 Å². The molecule has 0 spiro atoms. The quantitative estimate of drug-likeness (QED) is 0.916. The number of hydrogen-bond donors (Lipinski definition) is 1. The number of nitrogens with zero attached hydrogens (tertiary/aromatic N) is 2. The number of aromatic nitrogens is 2. The minimum atomic E-state index is -0.209. The van der Waals surface area contributed by atoms with Crippen molar-refractivity contribution in [3.8, 4) is 11.3 Å². The van der Waals surface area contributed by atoms with Gasteiger partial charge in [-0.25, -0.2) is 4.39 Å². The van der Waals surface area contributed by atoms with Gasteiger partial charge in [-0.1, -0.05) is 13.8 Å². The van der Waals surface area contributed by atoms with Gasteiger partial charge in [0.1, 0.15) is 5.82 Å². The van der Waals surface area contributed by atoms with Crippen molar-refractivity contribution >= 4 is 0 Å². The molecule has 0 aliphatic rings. The average molecular weight is 261 g/mol. The zero-order chi connectivity index (χ0) is 14.0. The lowest BCUT2D eigenvalue weighted by Gasteiger charge is -2.09. The summed E-state index contributed by atoms with van der Waals surface area (Å²) in [7, 11) is 1.90. The average Bonchev–Trinajstić information content (AvgIpc) is 2.67. The van der Waals surface area contributed by atoms with Crippen LogP contribution in [0.3, 0.4) is 0 Å². The van der Waals surface area contributed by atoms with Gasteiger partial charge in [0.15, 0.2) is 0 Å². The van der Waals surface area contributed by atoms with Crippen LogP contribution in [0.25, 0.3) is 11.3 Å². The molecule has 2 rings (SSSR count). The molecule has 1 aromatic carbocycles. The fraction of sp³-hybridized carbons (Fsp3) is 0.400. The summed E-state index contributed by atoms with van der Waals surface area (Å²) in [6, 6.07) is 5.24. The van der Waals surface area contributed by atoms with Crippen LogP contribution in [0.4, 0.5) is 4.39 Å². The lowest BCUT2D eigenvalue weighted by atomic mass is 10.0. The zero-order valence-corrected chi connectivity index (χ0v) is 11.9. The van der Waals surface area contributed by atoms with Gasteiger partial charge >= 0.3 is 0 Å². The SMILES string of the molecule is Cc1cc(F)ccc1-c1nn(C)cc1CNC(C)C. The van der Waals surface area contributed by atoms with E-state index in [0.717, 1.165) is 28.9 Å². The predicted molar refractivity (Wildman–Crippen MR) is 75.3 cm³/mol. The molecule has 0 fully saturated rings. The Morgan fingerprint density at radius 1 is 1.37 bits per heavy atom. The number of halogens is 1. The molecule has 1 heterocycles. The van der Waals surface area contributed by atoms with Gasteiger partial charge in [0, 0.05) is 37.0 Å². The summed E-state index contributed by atoms with van der Waals surface area (Å²) >= 11 is 0. The van der Waals surface area contributed by atoms with Crippen molar-refractivity contribution in [1.82, 2.24) is 15.1 Å². The molecule has 0 aliphatic heterocycles. The molecule has 1 N–H and O–H groups in total. The molecule has 0 radical (unpaired) electrons. The molecule has 0 atom stereocenters. The molecule has 0 amide bonds. The Balaban J connectivity index is 2.38. The van der Waals surface area contributed by atoms with Crippen molar-refractivity contribution in [2.24, 2.45) is 7.05 Å². The van der Waals surface area contributed by atoms with Crippen LogP contribution in [-0.2, 0) is 13.6 Å². The smallest absolute Gasteiger partial charge is 0.123 e. The summed E-state index contributed by atoms with van der Waals surface area (Å²) in [6.45, 7) is 6.89. The van der Waals surface area contributed by atoms with Crippen molar-refractivity contribution in [1.29, 1.82) is 0 Å². The Labute approximate surface area is 113 Å². The van der Waals surface area contributed by atoms with Gasteiger partial charge in [-0.05, 0) is 30.7 Å². The van der Waals surface area contributed by atoms with Crippen LogP contribution in [0.2, 0.25) is 0 Å². The lowest BCUT2D eigenvalue weighted by Crippen LogP contribution is -2.21. The van der Waals surface area contributed by atoms with Crippen LogP contribution in [0.5, 0.6) is 0 Å². The van der Waals surface area contributed by atoms with Gasteiger partial charge in [-0.15, -0.1) is 0 Å². The van der Waals surface area contributed by atoms with E-state index in [-0.39, 0.29) is 5.82 Å². The third-order valence-electron chi connectivity index (χ3n) is 3.05. The normalized spacial score (nSPS) is 11.3. The number of aryl methyl sites for hydroxylation is 2. The monoisotopic (exact) mass is 261 g/mol. The maximum atomic E-state index is 13.2. The molecule has 1 aromatic heterocycles. The Morgan fingerprint density at radius 2 is 2.11 bits per heavy atom. The highest BCUT2D eigenvalue weighted by Gasteiger charge is 2.12. The van der Waals surface area contributed by atoms with E-state index in [2.05, 4.69) is 24.3 Å². The first kappa shape index (κ1) is 13.7. The molecule has 0 unspecified atom stereocenters. The van der Waals surface area contributed by atoms with Crippen molar-refractivity contribution in [2.75, 3.05) is 0 Å². The maximum absolute atomic E-state index is 13.2. The Hall–Kier alpha value is -1.68. The molecule has 19 heavy (non-hydrogen) atoms. The van der Waals surface area contributed by atoms with Crippen LogP contribution >= 0.6 is 0 Å². The summed E-state index contributed by atoms with van der Waals surface area (Å²) in [4.78, 5) is 0. The number of nitrogens with one attached hydrogen (secondary N) is 1. The summed E-state index contributed by atoms with van der Waals surface area (Å²) in [5, 5.41) is 7.89. The van der Waals surface area contributed by atoms with Gasteiger partial charge in [0.25, 0.3) is 0 Å². The molecule has 102 valence electrons. The first-order chi connectivity index (χ1) is 8.97. The summed E-state index contributed by atoms with van der Waals surface area (Å²) in [5.41, 5.74) is 3.95. The standard InChI is InChI=1S/C15H20FN3/c1-10(2)17-8-12-9-19(4)18-15(12)14-6-5-13(16)7-11(14)3/h5-7,9-10,17H,8H2,1-4H3. The Bertz CT molecular complexity index is 573. The molecule has 3 nitrogen and oxygen atoms in total. The van der Waals surface area contributed by atoms with Gasteiger partial charge < -0.3 is 5.32 Å². The highest BCUT2D eigenvalue weighted by Crippen LogP contribution is 2.25. The third kappa shape index (κ3) is 3.20. The van der Waals surface area contributed by atoms with Crippen LogP contribution in [0, 0.1) is 12.7 Å². The number of hydrogen-bond acceptors (Lipinski definition) is 2. The minimum absolute atomic E-state index is 0.209. The van der Waals surface area contributed by atoms with Crippen LogP contribution < -0.4 is 5.32 Å². The predicted octanol–water partition coefficient (Wildman–Crippen LogP) is 3.03. The van der Waals surface area contributed by atoms with E-state index >= 15 is 0 Å². The minimum Gasteiger partial charge on any atom is -0.310 e. The molecular weight excluding hydrogens is 241 g/mol. The fourth-order valence-corrected chi connectivity index (χ4v) is 2.10. The second-order valence-corrected chi connectivity index (χ2v) is 5.17. The first-order valence-corrected chi connectivity index (χ1v) is 6.50. The van der Waals surface area contributed by atoms with Crippen LogP contribution in [0.1, 0.15) is 25.0 Å². The van der Waals surface area contributed by atoms with E-state index in [0.29, 0.717) is 6.04 Å². The van der Waals surface area contributed by atoms with Crippen LogP contribution in [0.15, 0.2) is 24.4 Å². The number of benzene rings is 1. The van der Waals surface area contributed by atoms with Crippen molar-refractivity contribution in [3.63, 3.8) is 0 Å². The Kier molecular flexibility index (Phi) is 4.00. The Morgan fingerprint density at radius 3 is 2.74 bits per heavy atom. The number of rotatable bonds is 4. The highest BCUT2D eigenvalue weighted by molar-refractivity contribution is 5.66. The largest absolute Gasteiger partial charge is 0.310 e. The molecular formula is C15H20FN3. The van der Waals surface area contributed by atoms with E-state index in [1.165, 1.54) is 6.07 Å². The van der Waals surface area contributed by atoms with Crippen LogP contribution in [-0.4, -0.2) is 15.8 Å². The first-order valence-electron chi connectivity index (χ1n) is 6.50. The maximum Gasteiger partial charge on any atom is 0.123 e. The van der Waals surface area contributed by atoms with E-state index in [1.807, 2.05) is 20.2 Å². The van der Waals surface area contributed by atoms with E-state index in [9.17, 15) is 4.39 Å². The van der Waals surface area contributed by atoms with Gasteiger partial charge in [0.05, 0.1) is 5.69 Å². The van der Waals surface area contributed by atoms with E-state index < -0.39 is 0 Å². The molecule has 0 aliphatic carbocycles. The molecule has 0 bridgehead atoms. The third-order valence-corrected chi connectivity index (χ3v) is 3.05. The molecule has 4 heteroatoms. The van der Waals surface area contributed by atoms with E-state index in [4.69, 9.17) is 0 Å². The zero-order valence-electron chi connectivity index (χ0n) is 11.9. The molecule has 2 aromatic rings. The summed E-state index contributed by atoms with van der Waals surface area (Å²) in [5.74, 6) is -0.209. The fourth-order valence-electron chi connectivity index (χ4n) is 2.10. The summed E-state index contributed by atoms with van der Waals surface area (Å²) in [6.07, 6.45) is 2.01. The second-order valence-electron chi connectivity index (χ2n) is 5.17. The molecule has 0 saturated carbocycles. The van der Waals surface area contributed by atoms with Gasteiger partial charge in [-0.2, -0.15) is 5.10 Å². The van der Waals surface area contributed by atoms with Crippen molar-refractivity contribution in [2.45, 2.75) is 33.4 Å². The highest BCUT2D eigenvalue weighted by atomic mass is 19.1. The lowest BCUT2D eigenvalue weighted by molar-refractivity contribution is 0.589. The summed E-state index contributed by atoms with van der Waals surface area (Å²) < 4.78 is 15.0. The van der Waals surface area contributed by atoms with E-state index in [1.54, 1.807) is 16.8 Å². The van der Waals surface area contributed by atoms with Gasteiger partial charge in [0.2, 0.25) is 0 Å². The molecule has 0 saturated heterocycles.